The van der Waals surface area contributed by atoms with E-state index in [0.717, 1.165) is 18.7 Å². The Kier molecular flexibility index (Phi) is 5.08. The second-order valence-corrected chi connectivity index (χ2v) is 6.90. The SMILES string of the molecule is CCOC1CCCN(S(=O)(=O)c2ccc(C(F)(F)F)nc2)C1. The van der Waals surface area contributed by atoms with Crippen molar-refractivity contribution in [2.45, 2.75) is 36.9 Å². The van der Waals surface area contributed by atoms with Crippen LogP contribution in [0.4, 0.5) is 13.2 Å². The molecule has 0 aromatic carbocycles. The molecule has 0 saturated carbocycles. The highest BCUT2D eigenvalue weighted by Crippen LogP contribution is 2.28. The van der Waals surface area contributed by atoms with Crippen molar-refractivity contribution in [3.63, 3.8) is 0 Å². The molecule has 124 valence electrons. The Labute approximate surface area is 127 Å². The fraction of sp³-hybridized carbons (Fsp3) is 0.615. The lowest BCUT2D eigenvalue weighted by molar-refractivity contribution is -0.141. The lowest BCUT2D eigenvalue weighted by atomic mass is 10.1. The van der Waals surface area contributed by atoms with E-state index in [1.807, 2.05) is 6.92 Å². The van der Waals surface area contributed by atoms with E-state index in [4.69, 9.17) is 4.74 Å². The molecule has 2 heterocycles. The van der Waals surface area contributed by atoms with Crippen molar-refractivity contribution in [2.75, 3.05) is 19.7 Å². The first-order chi connectivity index (χ1) is 10.2. The van der Waals surface area contributed by atoms with Gasteiger partial charge >= 0.3 is 6.18 Å². The van der Waals surface area contributed by atoms with Crippen molar-refractivity contribution in [1.29, 1.82) is 0 Å². The molecule has 0 radical (unpaired) electrons. The Balaban J connectivity index is 2.19. The third-order valence-corrected chi connectivity index (χ3v) is 5.26. The van der Waals surface area contributed by atoms with Gasteiger partial charge in [0.05, 0.1) is 6.10 Å². The molecule has 0 spiro atoms. The highest BCUT2D eigenvalue weighted by atomic mass is 32.2. The van der Waals surface area contributed by atoms with Crippen LogP contribution in [0.25, 0.3) is 0 Å². The van der Waals surface area contributed by atoms with E-state index >= 15 is 0 Å². The summed E-state index contributed by atoms with van der Waals surface area (Å²) in [7, 11) is -3.85. The molecule has 5 nitrogen and oxygen atoms in total. The molecule has 2 rings (SSSR count). The van der Waals surface area contributed by atoms with Gasteiger partial charge in [-0.3, -0.25) is 4.98 Å². The summed E-state index contributed by atoms with van der Waals surface area (Å²) in [5.74, 6) is 0. The summed E-state index contributed by atoms with van der Waals surface area (Å²) in [6, 6.07) is 1.62. The molecular formula is C13H17F3N2O3S. The van der Waals surface area contributed by atoms with Gasteiger partial charge in [-0.1, -0.05) is 0 Å². The highest BCUT2D eigenvalue weighted by Gasteiger charge is 2.34. The normalized spacial score (nSPS) is 21.0. The van der Waals surface area contributed by atoms with Crippen LogP contribution in [-0.2, 0) is 20.9 Å². The fourth-order valence-corrected chi connectivity index (χ4v) is 3.80. The van der Waals surface area contributed by atoms with E-state index in [1.54, 1.807) is 0 Å². The summed E-state index contributed by atoms with van der Waals surface area (Å²) in [6.45, 7) is 2.84. The average Bonchev–Trinajstić information content (AvgIpc) is 2.47. The maximum atomic E-state index is 12.5. The van der Waals surface area contributed by atoms with Gasteiger partial charge in [0.1, 0.15) is 10.6 Å². The minimum atomic E-state index is -4.59. The van der Waals surface area contributed by atoms with Gasteiger partial charge in [0.2, 0.25) is 10.0 Å². The van der Waals surface area contributed by atoms with Crippen LogP contribution in [0, 0.1) is 0 Å². The predicted octanol–water partition coefficient (Wildman–Crippen LogP) is 2.29. The number of sulfonamides is 1. The largest absolute Gasteiger partial charge is 0.433 e. The van der Waals surface area contributed by atoms with E-state index in [0.29, 0.717) is 25.6 Å². The van der Waals surface area contributed by atoms with Crippen LogP contribution >= 0.6 is 0 Å². The Hall–Kier alpha value is -1.19. The zero-order chi connectivity index (χ0) is 16.4. The topological polar surface area (TPSA) is 59.5 Å². The summed E-state index contributed by atoms with van der Waals surface area (Å²) in [5.41, 5.74) is -1.11. The van der Waals surface area contributed by atoms with Crippen LogP contribution in [0.1, 0.15) is 25.5 Å². The molecule has 0 aliphatic carbocycles. The van der Waals surface area contributed by atoms with Gasteiger partial charge in [-0.15, -0.1) is 0 Å². The first kappa shape index (κ1) is 17.2. The lowest BCUT2D eigenvalue weighted by Crippen LogP contribution is -2.43. The molecule has 1 atom stereocenters. The first-order valence-electron chi connectivity index (χ1n) is 6.90. The van der Waals surface area contributed by atoms with E-state index in [1.165, 1.54) is 4.31 Å². The molecule has 1 aliphatic rings. The minimum Gasteiger partial charge on any atom is -0.377 e. The Morgan fingerprint density at radius 1 is 1.41 bits per heavy atom. The van der Waals surface area contributed by atoms with Crippen LogP contribution in [0.15, 0.2) is 23.2 Å². The van der Waals surface area contributed by atoms with E-state index in [2.05, 4.69) is 4.98 Å². The lowest BCUT2D eigenvalue weighted by Gasteiger charge is -2.31. The number of hydrogen-bond acceptors (Lipinski definition) is 4. The molecule has 0 bridgehead atoms. The van der Waals surface area contributed by atoms with Crippen molar-refractivity contribution in [3.8, 4) is 0 Å². The summed E-state index contributed by atoms with van der Waals surface area (Å²) in [5, 5.41) is 0. The summed E-state index contributed by atoms with van der Waals surface area (Å²) >= 11 is 0. The molecule has 1 aromatic rings. The number of hydrogen-bond donors (Lipinski definition) is 0. The number of alkyl halides is 3. The summed E-state index contributed by atoms with van der Waals surface area (Å²) in [6.07, 6.45) is -2.60. The van der Waals surface area contributed by atoms with Gasteiger partial charge in [-0.2, -0.15) is 17.5 Å². The smallest absolute Gasteiger partial charge is 0.377 e. The van der Waals surface area contributed by atoms with E-state index in [-0.39, 0.29) is 17.5 Å². The number of pyridine rings is 1. The quantitative estimate of drug-likeness (QED) is 0.845. The summed E-state index contributed by atoms with van der Waals surface area (Å²) < 4.78 is 69.0. The fourth-order valence-electron chi connectivity index (χ4n) is 2.34. The van der Waals surface area contributed by atoms with E-state index < -0.39 is 21.9 Å². The Bertz CT molecular complexity index is 600. The molecule has 0 amide bonds. The Morgan fingerprint density at radius 3 is 2.68 bits per heavy atom. The van der Waals surface area contributed by atoms with Crippen molar-refractivity contribution in [3.05, 3.63) is 24.0 Å². The molecule has 1 aliphatic heterocycles. The maximum absolute atomic E-state index is 12.5. The highest BCUT2D eigenvalue weighted by molar-refractivity contribution is 7.89. The second-order valence-electron chi connectivity index (χ2n) is 4.96. The average molecular weight is 338 g/mol. The van der Waals surface area contributed by atoms with Gasteiger partial charge in [-0.05, 0) is 31.9 Å². The van der Waals surface area contributed by atoms with Gasteiger partial charge < -0.3 is 4.74 Å². The molecule has 1 fully saturated rings. The first-order valence-corrected chi connectivity index (χ1v) is 8.34. The molecule has 1 unspecified atom stereocenters. The van der Waals surface area contributed by atoms with Gasteiger partial charge in [0, 0.05) is 25.9 Å². The number of ether oxygens (including phenoxy) is 1. The third-order valence-electron chi connectivity index (χ3n) is 3.41. The van der Waals surface area contributed by atoms with Crippen LogP contribution in [0.3, 0.4) is 0 Å². The zero-order valence-corrected chi connectivity index (χ0v) is 12.8. The van der Waals surface area contributed by atoms with Crippen LogP contribution in [0.2, 0.25) is 0 Å². The predicted molar refractivity (Wildman–Crippen MR) is 72.6 cm³/mol. The molecular weight excluding hydrogens is 321 g/mol. The zero-order valence-electron chi connectivity index (χ0n) is 12.0. The molecule has 1 saturated heterocycles. The van der Waals surface area contributed by atoms with Gasteiger partial charge in [0.25, 0.3) is 0 Å². The number of nitrogens with zero attached hydrogens (tertiary/aromatic N) is 2. The molecule has 1 aromatic heterocycles. The molecule has 9 heteroatoms. The van der Waals surface area contributed by atoms with E-state index in [9.17, 15) is 21.6 Å². The van der Waals surface area contributed by atoms with Gasteiger partial charge in [0.15, 0.2) is 0 Å². The number of piperidine rings is 1. The number of aromatic nitrogens is 1. The second kappa shape index (κ2) is 6.51. The van der Waals surface area contributed by atoms with Crippen LogP contribution < -0.4 is 0 Å². The number of halogens is 3. The maximum Gasteiger partial charge on any atom is 0.433 e. The standard InChI is InChI=1S/C13H17F3N2O3S/c1-2-21-10-4-3-7-18(9-10)22(19,20)11-5-6-12(17-8-11)13(14,15)16/h5-6,8,10H,2-4,7,9H2,1H3. The van der Waals surface area contributed by atoms with Crippen molar-refractivity contribution < 1.29 is 26.3 Å². The van der Waals surface area contributed by atoms with Gasteiger partial charge in [-0.25, -0.2) is 8.42 Å². The Morgan fingerprint density at radius 2 is 2.14 bits per heavy atom. The third kappa shape index (κ3) is 3.76. The van der Waals surface area contributed by atoms with Crippen LogP contribution in [-0.4, -0.2) is 43.5 Å². The molecule has 0 N–H and O–H groups in total. The van der Waals surface area contributed by atoms with Crippen molar-refractivity contribution in [1.82, 2.24) is 9.29 Å². The number of rotatable bonds is 4. The minimum absolute atomic E-state index is 0.184. The van der Waals surface area contributed by atoms with Crippen molar-refractivity contribution in [2.24, 2.45) is 0 Å². The van der Waals surface area contributed by atoms with Crippen molar-refractivity contribution >= 4 is 10.0 Å². The van der Waals surface area contributed by atoms with Crippen LogP contribution in [0.5, 0.6) is 0 Å². The monoisotopic (exact) mass is 338 g/mol. The summed E-state index contributed by atoms with van der Waals surface area (Å²) in [4.78, 5) is 2.97. The molecule has 22 heavy (non-hydrogen) atoms.